The summed E-state index contributed by atoms with van der Waals surface area (Å²) in [4.78, 5) is 0. The third kappa shape index (κ3) is 1.66. The van der Waals surface area contributed by atoms with Crippen LogP contribution in [0.2, 0.25) is 0 Å². The lowest BCUT2D eigenvalue weighted by atomic mass is 9.41. The van der Waals surface area contributed by atoms with E-state index in [1.165, 1.54) is 5.56 Å². The van der Waals surface area contributed by atoms with Crippen molar-refractivity contribution in [3.63, 3.8) is 0 Å². The quantitative estimate of drug-likeness (QED) is 0.432. The Balaban J connectivity index is 2.47. The van der Waals surface area contributed by atoms with Crippen LogP contribution in [0, 0.1) is 6.92 Å². The number of ether oxygens (including phenoxy) is 2. The molecule has 0 fully saturated rings. The fourth-order valence-corrected chi connectivity index (χ4v) is 1.57. The van der Waals surface area contributed by atoms with Gasteiger partial charge in [-0.3, -0.25) is 0 Å². The minimum atomic E-state index is -0.312. The summed E-state index contributed by atoms with van der Waals surface area (Å²) in [7, 11) is 8.21. The van der Waals surface area contributed by atoms with Gasteiger partial charge >= 0.3 is 0 Å². The Morgan fingerprint density at radius 2 is 1.47 bits per heavy atom. The number of rotatable bonds is 0. The summed E-state index contributed by atoms with van der Waals surface area (Å²) in [6.45, 7) is 2.05. The smallest absolute Gasteiger partial charge is 0.160 e. The van der Waals surface area contributed by atoms with E-state index in [-0.39, 0.29) is 10.8 Å². The Morgan fingerprint density at radius 3 is 2.07 bits per heavy atom. The van der Waals surface area contributed by atoms with Crippen LogP contribution < -0.4 is 9.47 Å². The summed E-state index contributed by atoms with van der Waals surface area (Å²) in [6, 6.07) is 6.03. The highest BCUT2D eigenvalue weighted by Crippen LogP contribution is 2.39. The van der Waals surface area contributed by atoms with Crippen molar-refractivity contribution in [1.82, 2.24) is 0 Å². The van der Waals surface area contributed by atoms with Gasteiger partial charge in [-0.1, -0.05) is 6.07 Å². The van der Waals surface area contributed by atoms with Crippen molar-refractivity contribution >= 4 is 31.4 Å². The SMILES string of the molecule is BC1(B)Oc2ccc(C)cc2OC1(B)B. The predicted molar refractivity (Wildman–Crippen MR) is 72.1 cm³/mol. The molecule has 2 rings (SSSR count). The molecule has 0 spiro atoms. The molecule has 0 radical (unpaired) electrons. The number of hydrogen-bond acceptors (Lipinski definition) is 2. The summed E-state index contributed by atoms with van der Waals surface area (Å²) in [6.07, 6.45) is 0. The summed E-state index contributed by atoms with van der Waals surface area (Å²) >= 11 is 0. The molecule has 15 heavy (non-hydrogen) atoms. The molecule has 0 atom stereocenters. The average Bonchev–Trinajstić information content (AvgIpc) is 2.07. The maximum Gasteiger partial charge on any atom is 0.160 e. The molecule has 0 saturated heterocycles. The molecule has 0 bridgehead atoms. The van der Waals surface area contributed by atoms with Crippen molar-refractivity contribution in [3.8, 4) is 11.5 Å². The first-order chi connectivity index (χ1) is 6.82. The van der Waals surface area contributed by atoms with Gasteiger partial charge in [0.15, 0.2) is 11.5 Å². The van der Waals surface area contributed by atoms with Gasteiger partial charge in [-0.15, -0.1) is 0 Å². The first-order valence-corrected chi connectivity index (χ1v) is 5.30. The summed E-state index contributed by atoms with van der Waals surface area (Å²) in [5.41, 5.74) is 1.19. The van der Waals surface area contributed by atoms with Crippen LogP contribution in [0.25, 0.3) is 0 Å². The molecule has 0 aromatic heterocycles. The minimum Gasteiger partial charge on any atom is -0.499 e. The maximum atomic E-state index is 5.99. The van der Waals surface area contributed by atoms with E-state index in [0.29, 0.717) is 0 Å². The van der Waals surface area contributed by atoms with Gasteiger partial charge in [-0.2, -0.15) is 0 Å². The zero-order valence-electron chi connectivity index (χ0n) is 10.0. The number of hydrogen-bond donors (Lipinski definition) is 0. The van der Waals surface area contributed by atoms with Crippen LogP contribution in [0.1, 0.15) is 5.56 Å². The summed E-state index contributed by atoms with van der Waals surface area (Å²) < 4.78 is 12.0. The highest BCUT2D eigenvalue weighted by molar-refractivity contribution is 6.53. The normalized spacial score (nSPS) is 20.9. The molecule has 1 aliphatic rings. The van der Waals surface area contributed by atoms with Crippen LogP contribution in [0.4, 0.5) is 0 Å². The second-order valence-electron chi connectivity index (χ2n) is 5.17. The lowest BCUT2D eigenvalue weighted by Gasteiger charge is -2.47. The molecule has 1 aliphatic heterocycles. The van der Waals surface area contributed by atoms with Crippen LogP contribution in [0.15, 0.2) is 18.2 Å². The van der Waals surface area contributed by atoms with E-state index in [2.05, 4.69) is 38.3 Å². The fourth-order valence-electron chi connectivity index (χ4n) is 1.57. The van der Waals surface area contributed by atoms with Crippen LogP contribution >= 0.6 is 0 Å². The predicted octanol–water partition coefficient (Wildman–Crippen LogP) is -2.39. The third-order valence-corrected chi connectivity index (χ3v) is 3.28. The summed E-state index contributed by atoms with van der Waals surface area (Å²) in [5, 5.41) is -0.622. The Kier molecular flexibility index (Phi) is 2.14. The third-order valence-electron chi connectivity index (χ3n) is 3.28. The van der Waals surface area contributed by atoms with Gasteiger partial charge in [0.05, 0.1) is 10.8 Å². The monoisotopic (exact) mass is 198 g/mol. The highest BCUT2D eigenvalue weighted by Gasteiger charge is 2.44. The Bertz CT molecular complexity index is 403. The van der Waals surface area contributed by atoms with Crippen molar-refractivity contribution in [3.05, 3.63) is 23.8 Å². The van der Waals surface area contributed by atoms with E-state index in [1.54, 1.807) is 0 Å². The zero-order chi connectivity index (χ0) is 11.3. The van der Waals surface area contributed by atoms with E-state index in [4.69, 9.17) is 9.47 Å². The molecule has 2 nitrogen and oxygen atoms in total. The second kappa shape index (κ2) is 3.03. The molecular weight excluding hydrogens is 183 g/mol. The van der Waals surface area contributed by atoms with E-state index >= 15 is 0 Å². The van der Waals surface area contributed by atoms with E-state index in [9.17, 15) is 0 Å². The molecule has 0 saturated carbocycles. The van der Waals surface area contributed by atoms with Crippen LogP contribution in [-0.4, -0.2) is 42.2 Å². The van der Waals surface area contributed by atoms with Gasteiger partial charge in [0.25, 0.3) is 0 Å². The molecule has 0 unspecified atom stereocenters. The average molecular weight is 197 g/mol. The van der Waals surface area contributed by atoms with Gasteiger partial charge in [0, 0.05) is 0 Å². The molecule has 1 aromatic rings. The molecule has 1 heterocycles. The van der Waals surface area contributed by atoms with Crippen molar-refractivity contribution in [2.24, 2.45) is 0 Å². The molecule has 0 amide bonds. The number of fused-ring (bicyclic) bond motifs is 1. The van der Waals surface area contributed by atoms with Crippen molar-refractivity contribution in [2.75, 3.05) is 0 Å². The van der Waals surface area contributed by atoms with Gasteiger partial charge in [-0.25, -0.2) is 0 Å². The van der Waals surface area contributed by atoms with Gasteiger partial charge in [-0.05, 0) is 24.6 Å². The largest absolute Gasteiger partial charge is 0.499 e. The minimum absolute atomic E-state index is 0.310. The van der Waals surface area contributed by atoms with Crippen LogP contribution in [-0.2, 0) is 0 Å². The number of aryl methyl sites for hydroxylation is 1. The van der Waals surface area contributed by atoms with Crippen molar-refractivity contribution in [2.45, 2.75) is 17.7 Å². The fraction of sp³-hybridized carbons (Fsp3) is 0.333. The lowest BCUT2D eigenvalue weighted by Crippen LogP contribution is -2.65. The first-order valence-electron chi connectivity index (χ1n) is 5.30. The Morgan fingerprint density at radius 1 is 0.933 bits per heavy atom. The number of benzene rings is 1. The van der Waals surface area contributed by atoms with Gasteiger partial charge in [0.2, 0.25) is 0 Å². The molecule has 0 aliphatic carbocycles. The van der Waals surface area contributed by atoms with E-state index in [0.717, 1.165) is 11.5 Å². The lowest BCUT2D eigenvalue weighted by molar-refractivity contribution is 0.0617. The maximum absolute atomic E-state index is 5.99. The first kappa shape index (κ1) is 10.6. The highest BCUT2D eigenvalue weighted by atomic mass is 16.6. The second-order valence-corrected chi connectivity index (χ2v) is 5.17. The summed E-state index contributed by atoms with van der Waals surface area (Å²) in [5.74, 6) is 1.68. The molecule has 1 aromatic carbocycles. The van der Waals surface area contributed by atoms with Gasteiger partial charge in [0.1, 0.15) is 31.4 Å². The van der Waals surface area contributed by atoms with Crippen molar-refractivity contribution in [1.29, 1.82) is 0 Å². The molecule has 74 valence electrons. The van der Waals surface area contributed by atoms with E-state index < -0.39 is 0 Å². The Hall–Kier alpha value is -0.920. The molecular formula is C9H14B4O2. The van der Waals surface area contributed by atoms with Crippen molar-refractivity contribution < 1.29 is 9.47 Å². The van der Waals surface area contributed by atoms with E-state index in [1.807, 2.05) is 18.2 Å². The van der Waals surface area contributed by atoms with Gasteiger partial charge < -0.3 is 9.47 Å². The zero-order valence-corrected chi connectivity index (χ0v) is 10.0. The Labute approximate surface area is 94.4 Å². The molecule has 6 heteroatoms. The van der Waals surface area contributed by atoms with Crippen LogP contribution in [0.5, 0.6) is 11.5 Å². The van der Waals surface area contributed by atoms with Crippen LogP contribution in [0.3, 0.4) is 0 Å². The molecule has 0 N–H and O–H groups in total. The standard InChI is InChI=1S/C9H14B4O2/c1-5-2-3-6-7(4-5)15-9(12,13)8(10,11)14-6/h2-4H,10-13H2,1H3. The topological polar surface area (TPSA) is 18.5 Å².